The molecule has 0 unspecified atom stereocenters. The summed E-state index contributed by atoms with van der Waals surface area (Å²) in [4.78, 5) is 15.2. The van der Waals surface area contributed by atoms with Crippen molar-refractivity contribution in [2.45, 2.75) is 6.92 Å². The number of hydrazine groups is 1. The minimum absolute atomic E-state index is 0.201. The largest absolute Gasteiger partial charge is 0.352 e. The van der Waals surface area contributed by atoms with Gasteiger partial charge >= 0.3 is 0 Å². The van der Waals surface area contributed by atoms with Gasteiger partial charge in [-0.25, -0.2) is 10.8 Å². The normalized spacial score (nSPS) is 9.64. The molecule has 0 saturated carbocycles. The van der Waals surface area contributed by atoms with Crippen LogP contribution in [0, 0.1) is 0 Å². The van der Waals surface area contributed by atoms with Gasteiger partial charge in [0.1, 0.15) is 11.0 Å². The lowest BCUT2D eigenvalue weighted by molar-refractivity contribution is 0.0956. The van der Waals surface area contributed by atoms with E-state index in [1.54, 1.807) is 0 Å². The smallest absolute Gasteiger partial charge is 0.251 e. The van der Waals surface area contributed by atoms with Gasteiger partial charge in [0.25, 0.3) is 5.91 Å². The van der Waals surface area contributed by atoms with E-state index in [2.05, 4.69) is 15.7 Å². The predicted molar refractivity (Wildman–Crippen MR) is 55.1 cm³/mol. The van der Waals surface area contributed by atoms with E-state index in [1.807, 2.05) is 6.92 Å². The Bertz CT molecular complexity index is 342. The number of nitrogens with one attached hydrogen (secondary N) is 2. The van der Waals surface area contributed by atoms with Crippen LogP contribution in [0.3, 0.4) is 0 Å². The molecule has 1 heterocycles. The maximum absolute atomic E-state index is 11.4. The van der Waals surface area contributed by atoms with E-state index in [1.165, 1.54) is 12.1 Å². The molecule has 0 aliphatic carbocycles. The molecule has 0 atom stereocenters. The van der Waals surface area contributed by atoms with Crippen LogP contribution >= 0.6 is 11.6 Å². The molecule has 0 radical (unpaired) electrons. The van der Waals surface area contributed by atoms with Crippen molar-refractivity contribution in [3.63, 3.8) is 0 Å². The minimum Gasteiger partial charge on any atom is -0.352 e. The van der Waals surface area contributed by atoms with E-state index >= 15 is 0 Å². The molecule has 1 amide bonds. The topological polar surface area (TPSA) is 80.0 Å². The van der Waals surface area contributed by atoms with Crippen LogP contribution in [0.4, 0.5) is 5.82 Å². The van der Waals surface area contributed by atoms with Crippen LogP contribution in [0.25, 0.3) is 0 Å². The summed E-state index contributed by atoms with van der Waals surface area (Å²) in [5, 5.41) is 2.87. The summed E-state index contributed by atoms with van der Waals surface area (Å²) in [6, 6.07) is 3.00. The first-order chi connectivity index (χ1) is 6.67. The number of nitrogens with two attached hydrogens (primary N) is 1. The lowest BCUT2D eigenvalue weighted by Gasteiger charge is -2.04. The van der Waals surface area contributed by atoms with Gasteiger partial charge < -0.3 is 10.7 Å². The molecule has 0 fully saturated rings. The number of carbonyl (C=O) groups is 1. The molecule has 1 rings (SSSR count). The van der Waals surface area contributed by atoms with Crippen molar-refractivity contribution in [1.82, 2.24) is 10.3 Å². The van der Waals surface area contributed by atoms with Crippen LogP contribution < -0.4 is 16.6 Å². The Kier molecular flexibility index (Phi) is 3.67. The number of pyridine rings is 1. The molecule has 0 saturated heterocycles. The van der Waals surface area contributed by atoms with E-state index in [9.17, 15) is 4.79 Å². The summed E-state index contributed by atoms with van der Waals surface area (Å²) in [6.45, 7) is 2.40. The van der Waals surface area contributed by atoms with Gasteiger partial charge in [-0.15, -0.1) is 0 Å². The standard InChI is InChI=1S/C8H11ClN4O/c1-2-11-8(14)5-3-6(9)12-7(4-5)13-10/h3-4H,2,10H2,1H3,(H,11,14)(H,12,13). The molecular weight excluding hydrogens is 204 g/mol. The molecule has 1 aromatic heterocycles. The summed E-state index contributed by atoms with van der Waals surface area (Å²) in [5.41, 5.74) is 2.76. The van der Waals surface area contributed by atoms with Gasteiger partial charge in [-0.1, -0.05) is 11.6 Å². The van der Waals surface area contributed by atoms with Crippen molar-refractivity contribution in [2.75, 3.05) is 12.0 Å². The number of halogens is 1. The molecule has 0 aliphatic rings. The Morgan fingerprint density at radius 3 is 2.93 bits per heavy atom. The van der Waals surface area contributed by atoms with Crippen LogP contribution in [0.1, 0.15) is 17.3 Å². The lowest BCUT2D eigenvalue weighted by atomic mass is 10.2. The maximum Gasteiger partial charge on any atom is 0.251 e. The Labute approximate surface area is 86.6 Å². The van der Waals surface area contributed by atoms with E-state index in [-0.39, 0.29) is 11.1 Å². The van der Waals surface area contributed by atoms with Gasteiger partial charge in [0, 0.05) is 12.1 Å². The molecular formula is C8H11ClN4O. The van der Waals surface area contributed by atoms with Gasteiger partial charge in [0.05, 0.1) is 0 Å². The summed E-state index contributed by atoms with van der Waals surface area (Å²) in [7, 11) is 0. The first kappa shape index (κ1) is 10.7. The zero-order valence-electron chi connectivity index (χ0n) is 7.67. The van der Waals surface area contributed by atoms with Crippen LogP contribution in [0.5, 0.6) is 0 Å². The van der Waals surface area contributed by atoms with Gasteiger partial charge in [-0.05, 0) is 19.1 Å². The van der Waals surface area contributed by atoms with Crippen LogP contribution in [0.15, 0.2) is 12.1 Å². The Morgan fingerprint density at radius 1 is 1.64 bits per heavy atom. The second-order valence-corrected chi connectivity index (χ2v) is 2.95. The highest BCUT2D eigenvalue weighted by Crippen LogP contribution is 2.13. The number of carbonyl (C=O) groups excluding carboxylic acids is 1. The Morgan fingerprint density at radius 2 is 2.36 bits per heavy atom. The summed E-state index contributed by atoms with van der Waals surface area (Å²) in [5.74, 6) is 5.32. The first-order valence-corrected chi connectivity index (χ1v) is 4.47. The number of hydrogen-bond donors (Lipinski definition) is 3. The van der Waals surface area contributed by atoms with E-state index in [0.29, 0.717) is 17.9 Å². The third-order valence-electron chi connectivity index (χ3n) is 1.54. The van der Waals surface area contributed by atoms with Crippen molar-refractivity contribution in [3.8, 4) is 0 Å². The monoisotopic (exact) mass is 214 g/mol. The molecule has 0 aliphatic heterocycles. The summed E-state index contributed by atoms with van der Waals surface area (Å²) >= 11 is 5.69. The zero-order valence-corrected chi connectivity index (χ0v) is 8.43. The molecule has 0 spiro atoms. The molecule has 5 nitrogen and oxygen atoms in total. The number of amides is 1. The molecule has 1 aromatic rings. The molecule has 76 valence electrons. The highest BCUT2D eigenvalue weighted by molar-refractivity contribution is 6.29. The summed E-state index contributed by atoms with van der Waals surface area (Å²) < 4.78 is 0. The molecule has 4 N–H and O–H groups in total. The number of rotatable bonds is 3. The first-order valence-electron chi connectivity index (χ1n) is 4.09. The molecule has 0 bridgehead atoms. The van der Waals surface area contributed by atoms with E-state index < -0.39 is 0 Å². The van der Waals surface area contributed by atoms with Gasteiger partial charge in [-0.2, -0.15) is 0 Å². The number of nitrogen functional groups attached to an aromatic ring is 1. The Hall–Kier alpha value is -1.33. The summed E-state index contributed by atoms with van der Waals surface area (Å²) in [6.07, 6.45) is 0. The second kappa shape index (κ2) is 4.78. The number of hydrogen-bond acceptors (Lipinski definition) is 4. The van der Waals surface area contributed by atoms with Crippen LogP contribution in [-0.2, 0) is 0 Å². The quantitative estimate of drug-likeness (QED) is 0.395. The third-order valence-corrected chi connectivity index (χ3v) is 1.74. The fourth-order valence-corrected chi connectivity index (χ4v) is 1.17. The second-order valence-electron chi connectivity index (χ2n) is 2.57. The van der Waals surface area contributed by atoms with Crippen LogP contribution in [-0.4, -0.2) is 17.4 Å². The van der Waals surface area contributed by atoms with Gasteiger partial charge in [0.2, 0.25) is 0 Å². The molecule has 14 heavy (non-hydrogen) atoms. The minimum atomic E-state index is -0.201. The fraction of sp³-hybridized carbons (Fsp3) is 0.250. The average molecular weight is 215 g/mol. The highest BCUT2D eigenvalue weighted by Gasteiger charge is 2.07. The van der Waals surface area contributed by atoms with Crippen molar-refractivity contribution in [1.29, 1.82) is 0 Å². The van der Waals surface area contributed by atoms with Crippen LogP contribution in [0.2, 0.25) is 5.15 Å². The van der Waals surface area contributed by atoms with Crippen molar-refractivity contribution in [2.24, 2.45) is 5.84 Å². The molecule has 6 heteroatoms. The van der Waals surface area contributed by atoms with Gasteiger partial charge in [0.15, 0.2) is 0 Å². The Balaban J connectivity index is 2.96. The van der Waals surface area contributed by atoms with E-state index in [4.69, 9.17) is 17.4 Å². The highest BCUT2D eigenvalue weighted by atomic mass is 35.5. The third kappa shape index (κ3) is 2.58. The average Bonchev–Trinajstić information content (AvgIpc) is 2.17. The predicted octanol–water partition coefficient (Wildman–Crippen LogP) is 0.770. The van der Waals surface area contributed by atoms with Crippen molar-refractivity contribution >= 4 is 23.3 Å². The maximum atomic E-state index is 11.4. The number of aromatic nitrogens is 1. The number of nitrogens with zero attached hydrogens (tertiary/aromatic N) is 1. The van der Waals surface area contributed by atoms with Crippen molar-refractivity contribution < 1.29 is 4.79 Å². The van der Waals surface area contributed by atoms with Gasteiger partial charge in [-0.3, -0.25) is 4.79 Å². The fourth-order valence-electron chi connectivity index (χ4n) is 0.965. The van der Waals surface area contributed by atoms with Crippen molar-refractivity contribution in [3.05, 3.63) is 22.8 Å². The zero-order chi connectivity index (χ0) is 10.6. The number of anilines is 1. The van der Waals surface area contributed by atoms with E-state index in [0.717, 1.165) is 0 Å². The lowest BCUT2D eigenvalue weighted by Crippen LogP contribution is -2.23. The molecule has 0 aromatic carbocycles. The SMILES string of the molecule is CCNC(=O)c1cc(Cl)nc(NN)c1.